The number of aromatic nitrogens is 1. The first-order chi connectivity index (χ1) is 19.7. The molecule has 0 saturated heterocycles. The zero-order chi connectivity index (χ0) is 27.7. The van der Waals surface area contributed by atoms with Crippen molar-refractivity contribution in [3.8, 4) is 22.3 Å². The third-order valence-electron chi connectivity index (χ3n) is 6.65. The van der Waals surface area contributed by atoms with Gasteiger partial charge in [-0.1, -0.05) is 54.5 Å². The summed E-state index contributed by atoms with van der Waals surface area (Å²) < 4.78 is 7.92. The molecule has 0 bridgehead atoms. The molecule has 0 atom stereocenters. The number of amides is 1. The molecule has 1 radical (unpaired) electrons. The Hall–Kier alpha value is -3.47. The van der Waals surface area contributed by atoms with E-state index in [9.17, 15) is 4.79 Å². The molecule has 5 aromatic rings. The second kappa shape index (κ2) is 15.0. The molecule has 5 rings (SSSR count). The SMILES string of the molecule is CCn1c2ccc(CNC)cc2c2ccc(-c3cc(C#CC(=O)NCCOCC[N-]c4ccccc4)cs3)cc21.[Rh]. The second-order valence-corrected chi connectivity index (χ2v) is 10.3. The minimum absolute atomic E-state index is 0. The van der Waals surface area contributed by atoms with E-state index in [1.807, 2.05) is 42.8 Å². The van der Waals surface area contributed by atoms with Gasteiger partial charge in [-0.05, 0) is 49.4 Å². The Labute approximate surface area is 258 Å². The van der Waals surface area contributed by atoms with Gasteiger partial charge in [0.05, 0.1) is 6.61 Å². The molecule has 2 aromatic heterocycles. The van der Waals surface area contributed by atoms with Crippen molar-refractivity contribution in [1.82, 2.24) is 15.2 Å². The topological polar surface area (TPSA) is 69.4 Å². The molecule has 213 valence electrons. The van der Waals surface area contributed by atoms with E-state index in [1.54, 1.807) is 11.3 Å². The van der Waals surface area contributed by atoms with Crippen LogP contribution >= 0.6 is 11.3 Å². The van der Waals surface area contributed by atoms with Crippen LogP contribution in [0.15, 0.2) is 78.2 Å². The van der Waals surface area contributed by atoms with Crippen LogP contribution < -0.4 is 10.6 Å². The fraction of sp³-hybridized carbons (Fsp3) is 0.242. The Balaban J connectivity index is 0.00000387. The van der Waals surface area contributed by atoms with Crippen molar-refractivity contribution in [3.05, 3.63) is 94.6 Å². The van der Waals surface area contributed by atoms with Gasteiger partial charge in [-0.15, -0.1) is 23.6 Å². The van der Waals surface area contributed by atoms with E-state index in [-0.39, 0.29) is 25.4 Å². The Morgan fingerprint density at radius 3 is 2.66 bits per heavy atom. The van der Waals surface area contributed by atoms with Gasteiger partial charge in [0.1, 0.15) is 0 Å². The van der Waals surface area contributed by atoms with Gasteiger partial charge in [0, 0.05) is 89.3 Å². The van der Waals surface area contributed by atoms with Gasteiger partial charge < -0.3 is 25.3 Å². The van der Waals surface area contributed by atoms with E-state index in [1.165, 1.54) is 27.4 Å². The molecule has 0 aliphatic rings. The average Bonchev–Trinajstić information content (AvgIpc) is 3.58. The fourth-order valence-corrected chi connectivity index (χ4v) is 5.63. The smallest absolute Gasteiger partial charge is 0.296 e. The molecule has 0 unspecified atom stereocenters. The molecule has 0 aliphatic carbocycles. The standard InChI is InChI=1S/C33H33N4O2S.Rh/c1-3-37-30-13-9-24(22-34-2)19-29(30)28-12-11-26(21-31(28)37)32-20-25(23-40-32)10-14-33(38)36-16-18-39-17-15-35-27-7-5-4-6-8-27;/h4-9,11-13,19-21,23,34H,3,15-18,22H2,1-2H3,(H,36,38);/q-1;. The first kappa shape index (κ1) is 30.5. The molecule has 1 amide bonds. The molecular formula is C33H33N4O2RhS-. The molecular weight excluding hydrogens is 619 g/mol. The van der Waals surface area contributed by atoms with Crippen LogP contribution in [0, 0.1) is 11.8 Å². The number of hydrogen-bond acceptors (Lipinski definition) is 4. The summed E-state index contributed by atoms with van der Waals surface area (Å²) in [5.41, 5.74) is 6.69. The first-order valence-corrected chi connectivity index (χ1v) is 14.4. The van der Waals surface area contributed by atoms with Crippen molar-refractivity contribution in [2.45, 2.75) is 20.0 Å². The maximum atomic E-state index is 12.2. The Morgan fingerprint density at radius 1 is 1.00 bits per heavy atom. The van der Waals surface area contributed by atoms with E-state index >= 15 is 0 Å². The van der Waals surface area contributed by atoms with Crippen LogP contribution in [0.4, 0.5) is 5.69 Å². The van der Waals surface area contributed by atoms with Crippen LogP contribution in [-0.4, -0.2) is 43.8 Å². The summed E-state index contributed by atoms with van der Waals surface area (Å²) in [5, 5.41) is 15.0. The number of thiophene rings is 1. The van der Waals surface area contributed by atoms with Gasteiger partial charge in [0.15, 0.2) is 0 Å². The number of benzene rings is 3. The summed E-state index contributed by atoms with van der Waals surface area (Å²) in [5.74, 6) is 5.38. The molecule has 8 heteroatoms. The second-order valence-electron chi connectivity index (χ2n) is 9.39. The van der Waals surface area contributed by atoms with Gasteiger partial charge >= 0.3 is 0 Å². The molecule has 0 fully saturated rings. The van der Waals surface area contributed by atoms with Crippen molar-refractivity contribution in [2.75, 3.05) is 33.4 Å². The number of aryl methyl sites for hydroxylation is 1. The van der Waals surface area contributed by atoms with Crippen molar-refractivity contribution >= 4 is 44.7 Å². The third-order valence-corrected chi connectivity index (χ3v) is 7.63. The molecule has 0 aliphatic heterocycles. The number of carbonyl (C=O) groups excluding carboxylic acids is 1. The van der Waals surface area contributed by atoms with Gasteiger partial charge in [0.2, 0.25) is 0 Å². The van der Waals surface area contributed by atoms with E-state index in [0.717, 1.165) is 34.8 Å². The summed E-state index contributed by atoms with van der Waals surface area (Å²) in [7, 11) is 1.97. The quantitative estimate of drug-likeness (QED) is 0.0980. The van der Waals surface area contributed by atoms with Gasteiger partial charge in [-0.25, -0.2) is 0 Å². The molecule has 41 heavy (non-hydrogen) atoms. The molecule has 0 saturated carbocycles. The number of nitrogens with zero attached hydrogens (tertiary/aromatic N) is 2. The fourth-order valence-electron chi connectivity index (χ4n) is 4.79. The third kappa shape index (κ3) is 7.64. The normalized spacial score (nSPS) is 10.7. The summed E-state index contributed by atoms with van der Waals surface area (Å²) in [4.78, 5) is 13.3. The van der Waals surface area contributed by atoms with Crippen molar-refractivity contribution in [3.63, 3.8) is 0 Å². The first-order valence-electron chi connectivity index (χ1n) is 13.5. The zero-order valence-corrected chi connectivity index (χ0v) is 25.7. The summed E-state index contributed by atoms with van der Waals surface area (Å²) in [6, 6.07) is 25.2. The minimum Gasteiger partial charge on any atom is -0.683 e. The minimum atomic E-state index is -0.308. The van der Waals surface area contributed by atoms with E-state index < -0.39 is 0 Å². The maximum absolute atomic E-state index is 12.2. The van der Waals surface area contributed by atoms with Crippen LogP contribution in [0.1, 0.15) is 18.1 Å². The number of ether oxygens (including phenoxy) is 1. The van der Waals surface area contributed by atoms with E-state index in [0.29, 0.717) is 26.3 Å². The number of fused-ring (bicyclic) bond motifs is 3. The Bertz CT molecular complexity index is 1670. The predicted molar refractivity (Wildman–Crippen MR) is 166 cm³/mol. The van der Waals surface area contributed by atoms with Crippen LogP contribution in [0.5, 0.6) is 0 Å². The predicted octanol–water partition coefficient (Wildman–Crippen LogP) is 6.45. The summed E-state index contributed by atoms with van der Waals surface area (Å²) >= 11 is 1.64. The van der Waals surface area contributed by atoms with Crippen molar-refractivity contribution in [2.24, 2.45) is 0 Å². The molecule has 6 nitrogen and oxygen atoms in total. The van der Waals surface area contributed by atoms with Crippen molar-refractivity contribution in [1.29, 1.82) is 0 Å². The number of carbonyl (C=O) groups is 1. The molecule has 2 heterocycles. The van der Waals surface area contributed by atoms with Crippen LogP contribution in [0.25, 0.3) is 37.6 Å². The van der Waals surface area contributed by atoms with Crippen LogP contribution in [0.2, 0.25) is 0 Å². The van der Waals surface area contributed by atoms with E-state index in [2.05, 4.69) is 81.7 Å². The molecule has 0 spiro atoms. The summed E-state index contributed by atoms with van der Waals surface area (Å²) in [6.45, 7) is 5.87. The average molecular weight is 653 g/mol. The van der Waals surface area contributed by atoms with Crippen molar-refractivity contribution < 1.29 is 29.0 Å². The molecule has 3 aromatic carbocycles. The largest absolute Gasteiger partial charge is 0.683 e. The number of rotatable bonds is 11. The Kier molecular flexibility index (Phi) is 11.1. The molecule has 2 N–H and O–H groups in total. The van der Waals surface area contributed by atoms with Gasteiger partial charge in [-0.2, -0.15) is 0 Å². The number of hydrogen-bond donors (Lipinski definition) is 2. The monoisotopic (exact) mass is 652 g/mol. The number of nitrogens with one attached hydrogen (secondary N) is 2. The van der Waals surface area contributed by atoms with E-state index in [4.69, 9.17) is 4.74 Å². The van der Waals surface area contributed by atoms with Crippen LogP contribution in [0.3, 0.4) is 0 Å². The summed E-state index contributed by atoms with van der Waals surface area (Å²) in [6.07, 6.45) is 0. The zero-order valence-electron chi connectivity index (χ0n) is 23.2. The Morgan fingerprint density at radius 2 is 1.85 bits per heavy atom. The van der Waals surface area contributed by atoms with Crippen LogP contribution in [-0.2, 0) is 42.1 Å². The maximum Gasteiger partial charge on any atom is 0.296 e. The van der Waals surface area contributed by atoms with Gasteiger partial charge in [0.25, 0.3) is 5.91 Å². The van der Waals surface area contributed by atoms with Gasteiger partial charge in [-0.3, -0.25) is 4.79 Å². The number of para-hydroxylation sites is 1.